The van der Waals surface area contributed by atoms with Gasteiger partial charge in [-0.25, -0.2) is 0 Å². The summed E-state index contributed by atoms with van der Waals surface area (Å²) in [5, 5.41) is 0. The van der Waals surface area contributed by atoms with Crippen LogP contribution in [-0.4, -0.2) is 0 Å². The normalized spacial score (nSPS) is 12.0. The molecule has 186 valence electrons. The summed E-state index contributed by atoms with van der Waals surface area (Å²) in [5.74, 6) is 0. The van der Waals surface area contributed by atoms with Gasteiger partial charge in [0, 0.05) is 4.47 Å². The molecule has 2 aliphatic carbocycles. The van der Waals surface area contributed by atoms with Gasteiger partial charge < -0.3 is 0 Å². The molecule has 0 heterocycles. The van der Waals surface area contributed by atoms with Crippen molar-refractivity contribution in [2.75, 3.05) is 0 Å². The van der Waals surface area contributed by atoms with Crippen LogP contribution in [0.25, 0.3) is 44.5 Å². The zero-order valence-electron chi connectivity index (χ0n) is 21.6. The van der Waals surface area contributed by atoms with Crippen molar-refractivity contribution in [3.8, 4) is 44.5 Å². The SMILES string of the molecule is Brc1ccc2c(c1)-c1cc(-c3ccccc3)ccc1C2.c1ccc(-c2ccc3c(c2)-c2ccccc2C3)cc1. The Labute approximate surface area is 238 Å². The smallest absolute Gasteiger partial charge is 0.0181 e. The van der Waals surface area contributed by atoms with Crippen LogP contribution in [-0.2, 0) is 12.8 Å². The molecule has 0 atom stereocenters. The second-order valence-corrected chi connectivity index (χ2v) is 11.2. The van der Waals surface area contributed by atoms with Crippen molar-refractivity contribution in [2.24, 2.45) is 0 Å². The summed E-state index contributed by atoms with van der Waals surface area (Å²) >= 11 is 3.58. The van der Waals surface area contributed by atoms with Crippen molar-refractivity contribution in [3.05, 3.63) is 166 Å². The first-order valence-corrected chi connectivity index (χ1v) is 14.3. The third kappa shape index (κ3) is 4.64. The maximum Gasteiger partial charge on any atom is 0.0181 e. The van der Waals surface area contributed by atoms with Crippen molar-refractivity contribution in [2.45, 2.75) is 12.8 Å². The van der Waals surface area contributed by atoms with Gasteiger partial charge >= 0.3 is 0 Å². The Bertz CT molecular complexity index is 1800. The predicted octanol–water partition coefficient (Wildman–Crippen LogP) is 10.6. The van der Waals surface area contributed by atoms with Crippen molar-refractivity contribution >= 4 is 15.9 Å². The largest absolute Gasteiger partial charge is 0.0622 e. The number of hydrogen-bond acceptors (Lipinski definition) is 0. The van der Waals surface area contributed by atoms with E-state index in [2.05, 4.69) is 155 Å². The van der Waals surface area contributed by atoms with Gasteiger partial charge in [-0.15, -0.1) is 0 Å². The zero-order valence-corrected chi connectivity index (χ0v) is 23.2. The lowest BCUT2D eigenvalue weighted by Crippen LogP contribution is -1.82. The van der Waals surface area contributed by atoms with Gasteiger partial charge in [-0.2, -0.15) is 0 Å². The van der Waals surface area contributed by atoms with E-state index in [1.807, 2.05) is 0 Å². The third-order valence-corrected chi connectivity index (χ3v) is 8.36. The Morgan fingerprint density at radius 1 is 0.333 bits per heavy atom. The molecule has 39 heavy (non-hydrogen) atoms. The Hall–Kier alpha value is -4.20. The molecule has 0 nitrogen and oxygen atoms in total. The van der Waals surface area contributed by atoms with Crippen molar-refractivity contribution in [1.82, 2.24) is 0 Å². The van der Waals surface area contributed by atoms with Gasteiger partial charge in [-0.1, -0.05) is 131 Å². The molecule has 0 radical (unpaired) electrons. The molecule has 0 amide bonds. The van der Waals surface area contributed by atoms with E-state index in [-0.39, 0.29) is 0 Å². The average molecular weight is 564 g/mol. The summed E-state index contributed by atoms with van der Waals surface area (Å²) in [6.07, 6.45) is 2.12. The van der Waals surface area contributed by atoms with E-state index in [4.69, 9.17) is 0 Å². The Balaban J connectivity index is 0.000000130. The van der Waals surface area contributed by atoms with Gasteiger partial charge in [0.2, 0.25) is 0 Å². The van der Waals surface area contributed by atoms with Crippen molar-refractivity contribution in [3.63, 3.8) is 0 Å². The molecule has 0 saturated heterocycles. The van der Waals surface area contributed by atoms with Crippen molar-refractivity contribution in [1.29, 1.82) is 0 Å². The minimum atomic E-state index is 1.05. The molecule has 0 N–H and O–H groups in total. The Kier molecular flexibility index (Phi) is 6.23. The van der Waals surface area contributed by atoms with E-state index in [1.54, 1.807) is 0 Å². The molecule has 0 saturated carbocycles. The lowest BCUT2D eigenvalue weighted by molar-refractivity contribution is 1.26. The first kappa shape index (κ1) is 23.9. The molecule has 1 heteroatoms. The fraction of sp³-hybridized carbons (Fsp3) is 0.0526. The zero-order chi connectivity index (χ0) is 26.2. The molecule has 0 aliphatic heterocycles. The van der Waals surface area contributed by atoms with E-state index in [9.17, 15) is 0 Å². The average Bonchev–Trinajstić information content (AvgIpc) is 3.55. The number of fused-ring (bicyclic) bond motifs is 6. The van der Waals surface area contributed by atoms with E-state index in [1.165, 1.54) is 66.8 Å². The first-order valence-electron chi connectivity index (χ1n) is 13.5. The monoisotopic (exact) mass is 562 g/mol. The van der Waals surface area contributed by atoms with Crippen LogP contribution in [0.4, 0.5) is 0 Å². The van der Waals surface area contributed by atoms with E-state index < -0.39 is 0 Å². The predicted molar refractivity (Wildman–Crippen MR) is 168 cm³/mol. The van der Waals surface area contributed by atoms with E-state index >= 15 is 0 Å². The van der Waals surface area contributed by atoms with Gasteiger partial charge in [0.05, 0.1) is 0 Å². The second-order valence-electron chi connectivity index (χ2n) is 10.3. The van der Waals surface area contributed by atoms with Gasteiger partial charge in [0.15, 0.2) is 0 Å². The summed E-state index contributed by atoms with van der Waals surface area (Å²) in [7, 11) is 0. The molecular formula is C38H27Br. The van der Waals surface area contributed by atoms with Crippen LogP contribution < -0.4 is 0 Å². The first-order chi connectivity index (χ1) is 19.2. The van der Waals surface area contributed by atoms with Crippen LogP contribution in [0.1, 0.15) is 22.3 Å². The fourth-order valence-electron chi connectivity index (χ4n) is 5.88. The fourth-order valence-corrected chi connectivity index (χ4v) is 6.25. The Morgan fingerprint density at radius 2 is 0.769 bits per heavy atom. The third-order valence-electron chi connectivity index (χ3n) is 7.87. The summed E-state index contributed by atoms with van der Waals surface area (Å²) < 4.78 is 1.15. The maximum atomic E-state index is 3.58. The molecule has 0 bridgehead atoms. The lowest BCUT2D eigenvalue weighted by atomic mass is 9.99. The van der Waals surface area contributed by atoms with Gasteiger partial charge in [-0.05, 0) is 104 Å². The quantitative estimate of drug-likeness (QED) is 0.196. The van der Waals surface area contributed by atoms with Gasteiger partial charge in [-0.3, -0.25) is 0 Å². The minimum Gasteiger partial charge on any atom is -0.0622 e. The number of halogens is 1. The van der Waals surface area contributed by atoms with Gasteiger partial charge in [0.1, 0.15) is 0 Å². The molecule has 0 unspecified atom stereocenters. The van der Waals surface area contributed by atoms with Crippen LogP contribution in [0.5, 0.6) is 0 Å². The van der Waals surface area contributed by atoms with Gasteiger partial charge in [0.25, 0.3) is 0 Å². The number of rotatable bonds is 2. The summed E-state index contributed by atoms with van der Waals surface area (Å²) in [6.45, 7) is 0. The minimum absolute atomic E-state index is 1.05. The molecule has 6 aromatic carbocycles. The molecular weight excluding hydrogens is 536 g/mol. The van der Waals surface area contributed by atoms with Crippen LogP contribution in [0.2, 0.25) is 0 Å². The van der Waals surface area contributed by atoms with Crippen molar-refractivity contribution < 1.29 is 0 Å². The number of hydrogen-bond donors (Lipinski definition) is 0. The highest BCUT2D eigenvalue weighted by Crippen LogP contribution is 2.40. The second kappa shape index (κ2) is 10.2. The van der Waals surface area contributed by atoms with Crippen LogP contribution in [0.3, 0.4) is 0 Å². The molecule has 8 rings (SSSR count). The summed E-state index contributed by atoms with van der Waals surface area (Å²) in [4.78, 5) is 0. The topological polar surface area (TPSA) is 0 Å². The van der Waals surface area contributed by atoms with Crippen LogP contribution >= 0.6 is 15.9 Å². The highest BCUT2D eigenvalue weighted by atomic mass is 79.9. The summed E-state index contributed by atoms with van der Waals surface area (Å²) in [5.41, 5.74) is 16.4. The molecule has 0 aromatic heterocycles. The standard InChI is InChI=1S/C19H13Br.C19H14/c20-17-9-8-16-10-15-7-6-14(11-18(15)19(16)12-17)13-4-2-1-3-5-13;1-2-6-14(7-3-1)15-10-11-17-12-16-8-4-5-9-18(16)19(17)13-15/h1-9,11-12H,10H2;1-11,13H,12H2. The number of benzene rings is 6. The summed E-state index contributed by atoms with van der Waals surface area (Å²) in [6, 6.07) is 50.1. The van der Waals surface area contributed by atoms with E-state index in [0.717, 1.165) is 17.3 Å². The van der Waals surface area contributed by atoms with E-state index in [0.29, 0.717) is 0 Å². The van der Waals surface area contributed by atoms with Crippen LogP contribution in [0.15, 0.2) is 144 Å². The highest BCUT2D eigenvalue weighted by Gasteiger charge is 2.19. The highest BCUT2D eigenvalue weighted by molar-refractivity contribution is 9.10. The Morgan fingerprint density at radius 3 is 1.36 bits per heavy atom. The molecule has 6 aromatic rings. The molecule has 0 spiro atoms. The lowest BCUT2D eigenvalue weighted by Gasteiger charge is -2.06. The van der Waals surface area contributed by atoms with Crippen LogP contribution in [0, 0.1) is 0 Å². The molecule has 0 fully saturated rings. The maximum absolute atomic E-state index is 3.58. The molecule has 2 aliphatic rings.